The third-order valence-electron chi connectivity index (χ3n) is 4.08. The van der Waals surface area contributed by atoms with Crippen molar-refractivity contribution in [2.75, 3.05) is 20.1 Å². The molecule has 6 nitrogen and oxygen atoms in total. The lowest BCUT2D eigenvalue weighted by Gasteiger charge is -2.19. The number of hydrogen-bond acceptors (Lipinski definition) is 4. The van der Waals surface area contributed by atoms with Crippen molar-refractivity contribution in [2.24, 2.45) is 0 Å². The fraction of sp³-hybridized carbons (Fsp3) is 0.389. The molecule has 2 aromatic rings. The largest absolute Gasteiger partial charge is 0.334 e. The zero-order valence-corrected chi connectivity index (χ0v) is 18.0. The summed E-state index contributed by atoms with van der Waals surface area (Å²) < 4.78 is 27.1. The number of nitrogens with one attached hydrogen (secondary N) is 1. The number of hydrogen-bond donors (Lipinski definition) is 1. The molecule has 1 aromatic heterocycles. The average molecular weight is 430 g/mol. The van der Waals surface area contributed by atoms with Crippen LogP contribution in [0.2, 0.25) is 4.34 Å². The molecule has 27 heavy (non-hydrogen) atoms. The summed E-state index contributed by atoms with van der Waals surface area (Å²) >= 11 is 7.34. The smallest absolute Gasteiger partial charge is 0.317 e. The second-order valence-electron chi connectivity index (χ2n) is 5.95. The maximum atomic E-state index is 12.5. The highest BCUT2D eigenvalue weighted by Gasteiger charge is 2.21. The summed E-state index contributed by atoms with van der Waals surface area (Å²) in [6.07, 6.45) is 0. The van der Waals surface area contributed by atoms with E-state index in [0.29, 0.717) is 30.5 Å². The third kappa shape index (κ3) is 5.68. The van der Waals surface area contributed by atoms with Crippen LogP contribution in [0.15, 0.2) is 41.3 Å². The highest BCUT2D eigenvalue weighted by Crippen LogP contribution is 2.22. The van der Waals surface area contributed by atoms with Gasteiger partial charge in [0.25, 0.3) is 0 Å². The Balaban J connectivity index is 1.93. The first-order chi connectivity index (χ1) is 12.8. The van der Waals surface area contributed by atoms with Gasteiger partial charge in [-0.1, -0.05) is 37.6 Å². The van der Waals surface area contributed by atoms with Crippen LogP contribution in [0.1, 0.15) is 24.3 Å². The number of amides is 2. The molecule has 2 amide bonds. The predicted octanol–water partition coefficient (Wildman–Crippen LogP) is 3.77. The van der Waals surface area contributed by atoms with Crippen molar-refractivity contribution in [3.8, 4) is 0 Å². The highest BCUT2D eigenvalue weighted by molar-refractivity contribution is 7.89. The van der Waals surface area contributed by atoms with Crippen molar-refractivity contribution in [3.05, 3.63) is 51.2 Å². The Morgan fingerprint density at radius 3 is 2.26 bits per heavy atom. The lowest BCUT2D eigenvalue weighted by atomic mass is 10.2. The van der Waals surface area contributed by atoms with Gasteiger partial charge in [0.15, 0.2) is 0 Å². The lowest BCUT2D eigenvalue weighted by Crippen LogP contribution is -2.36. The summed E-state index contributed by atoms with van der Waals surface area (Å²) in [5.41, 5.74) is 0.828. The number of benzene rings is 1. The number of urea groups is 1. The molecule has 0 saturated carbocycles. The number of rotatable bonds is 8. The van der Waals surface area contributed by atoms with E-state index in [1.54, 1.807) is 42.3 Å². The fourth-order valence-electron chi connectivity index (χ4n) is 2.55. The van der Waals surface area contributed by atoms with E-state index in [0.717, 1.165) is 10.4 Å². The van der Waals surface area contributed by atoms with Crippen LogP contribution in [0.4, 0.5) is 4.79 Å². The maximum Gasteiger partial charge on any atom is 0.317 e. The van der Waals surface area contributed by atoms with Crippen LogP contribution in [0, 0.1) is 0 Å². The van der Waals surface area contributed by atoms with Crippen LogP contribution in [-0.4, -0.2) is 43.8 Å². The first kappa shape index (κ1) is 21.7. The summed E-state index contributed by atoms with van der Waals surface area (Å²) in [5, 5.41) is 2.83. The highest BCUT2D eigenvalue weighted by atomic mass is 35.5. The minimum Gasteiger partial charge on any atom is -0.334 e. The van der Waals surface area contributed by atoms with Crippen LogP contribution < -0.4 is 5.32 Å². The quantitative estimate of drug-likeness (QED) is 0.694. The fourth-order valence-corrected chi connectivity index (χ4v) is 5.15. The van der Waals surface area contributed by atoms with E-state index in [1.807, 2.05) is 19.9 Å². The van der Waals surface area contributed by atoms with Gasteiger partial charge in [0, 0.05) is 31.6 Å². The van der Waals surface area contributed by atoms with Gasteiger partial charge < -0.3 is 10.2 Å². The molecule has 0 aliphatic rings. The average Bonchev–Trinajstić information content (AvgIpc) is 3.05. The van der Waals surface area contributed by atoms with Crippen molar-refractivity contribution >= 4 is 39.0 Å². The van der Waals surface area contributed by atoms with E-state index in [9.17, 15) is 13.2 Å². The molecule has 0 atom stereocenters. The van der Waals surface area contributed by atoms with Crippen molar-refractivity contribution in [1.82, 2.24) is 14.5 Å². The van der Waals surface area contributed by atoms with Gasteiger partial charge in [-0.2, -0.15) is 4.31 Å². The molecule has 1 aromatic carbocycles. The van der Waals surface area contributed by atoms with Gasteiger partial charge in [-0.15, -0.1) is 11.3 Å². The summed E-state index contributed by atoms with van der Waals surface area (Å²) in [5.74, 6) is 0. The molecule has 0 unspecified atom stereocenters. The minimum atomic E-state index is -3.47. The van der Waals surface area contributed by atoms with Crippen LogP contribution in [0.5, 0.6) is 0 Å². The van der Waals surface area contributed by atoms with Gasteiger partial charge in [-0.25, -0.2) is 13.2 Å². The molecule has 148 valence electrons. The molecular formula is C18H24ClN3O3S2. The molecule has 0 radical (unpaired) electrons. The molecule has 0 spiro atoms. The Morgan fingerprint density at radius 2 is 1.74 bits per heavy atom. The van der Waals surface area contributed by atoms with E-state index >= 15 is 0 Å². The summed E-state index contributed by atoms with van der Waals surface area (Å²) in [4.78, 5) is 15.0. The van der Waals surface area contributed by atoms with E-state index in [4.69, 9.17) is 11.6 Å². The molecular weight excluding hydrogens is 406 g/mol. The number of carbonyl (C=O) groups excluding carboxylic acids is 1. The molecule has 0 fully saturated rings. The lowest BCUT2D eigenvalue weighted by molar-refractivity contribution is 0.207. The topological polar surface area (TPSA) is 69.7 Å². The van der Waals surface area contributed by atoms with Gasteiger partial charge in [0.05, 0.1) is 15.8 Å². The number of carbonyl (C=O) groups is 1. The molecule has 1 heterocycles. The van der Waals surface area contributed by atoms with Crippen LogP contribution in [0.25, 0.3) is 0 Å². The number of thiophene rings is 1. The maximum absolute atomic E-state index is 12.5. The molecule has 2 rings (SSSR count). The number of halogens is 1. The van der Waals surface area contributed by atoms with E-state index in [-0.39, 0.29) is 10.9 Å². The minimum absolute atomic E-state index is 0.209. The standard InChI is InChI=1S/C18H24ClN3O3S2/c1-4-22(5-2)27(24,25)16-9-6-14(7-10-16)12-20-18(23)21(3)13-15-8-11-17(19)26-15/h6-11H,4-5,12-13H2,1-3H3,(H,20,23). The zero-order valence-electron chi connectivity index (χ0n) is 15.6. The second-order valence-corrected chi connectivity index (χ2v) is 9.69. The van der Waals surface area contributed by atoms with Crippen molar-refractivity contribution in [2.45, 2.75) is 31.8 Å². The SMILES string of the molecule is CCN(CC)S(=O)(=O)c1ccc(CNC(=O)N(C)Cc2ccc(Cl)s2)cc1. The monoisotopic (exact) mass is 429 g/mol. The summed E-state index contributed by atoms with van der Waals surface area (Å²) in [6, 6.07) is 10.1. The van der Waals surface area contributed by atoms with E-state index in [2.05, 4.69) is 5.32 Å². The van der Waals surface area contributed by atoms with Crippen LogP contribution in [0.3, 0.4) is 0 Å². The molecule has 1 N–H and O–H groups in total. The Morgan fingerprint density at radius 1 is 1.11 bits per heavy atom. The van der Waals surface area contributed by atoms with E-state index < -0.39 is 10.0 Å². The van der Waals surface area contributed by atoms with E-state index in [1.165, 1.54) is 15.6 Å². The van der Waals surface area contributed by atoms with Crippen LogP contribution >= 0.6 is 22.9 Å². The van der Waals surface area contributed by atoms with Crippen LogP contribution in [-0.2, 0) is 23.1 Å². The molecule has 0 aliphatic heterocycles. The Kier molecular flexibility index (Phi) is 7.67. The molecule has 0 aliphatic carbocycles. The summed E-state index contributed by atoms with van der Waals surface area (Å²) in [6.45, 7) is 5.28. The van der Waals surface area contributed by atoms with Gasteiger partial charge >= 0.3 is 6.03 Å². The van der Waals surface area contributed by atoms with Gasteiger partial charge in [0.1, 0.15) is 0 Å². The normalized spacial score (nSPS) is 11.6. The Labute approximate surface area is 169 Å². The second kappa shape index (κ2) is 9.54. The van der Waals surface area contributed by atoms with Crippen molar-refractivity contribution in [3.63, 3.8) is 0 Å². The molecule has 0 saturated heterocycles. The zero-order chi connectivity index (χ0) is 20.0. The first-order valence-corrected chi connectivity index (χ1v) is 11.2. The van der Waals surface area contributed by atoms with Crippen molar-refractivity contribution in [1.29, 1.82) is 0 Å². The number of sulfonamides is 1. The number of nitrogens with zero attached hydrogens (tertiary/aromatic N) is 2. The predicted molar refractivity (Wildman–Crippen MR) is 110 cm³/mol. The van der Waals surface area contributed by atoms with Gasteiger partial charge in [-0.3, -0.25) is 0 Å². The van der Waals surface area contributed by atoms with Gasteiger partial charge in [-0.05, 0) is 29.8 Å². The van der Waals surface area contributed by atoms with Gasteiger partial charge in [0.2, 0.25) is 10.0 Å². The van der Waals surface area contributed by atoms with Crippen molar-refractivity contribution < 1.29 is 13.2 Å². The Hall–Kier alpha value is -1.61. The molecule has 0 bridgehead atoms. The first-order valence-electron chi connectivity index (χ1n) is 8.60. The summed E-state index contributed by atoms with van der Waals surface area (Å²) in [7, 11) is -1.76. The Bertz CT molecular complexity index is 862. The third-order valence-corrected chi connectivity index (χ3v) is 7.36. The molecule has 9 heteroatoms.